The van der Waals surface area contributed by atoms with Gasteiger partial charge in [-0.25, -0.2) is 0 Å². The largest absolute Gasteiger partial charge is 0.298 e. The summed E-state index contributed by atoms with van der Waals surface area (Å²) in [6, 6.07) is 13.8. The van der Waals surface area contributed by atoms with E-state index in [1.165, 1.54) is 0 Å². The van der Waals surface area contributed by atoms with Crippen molar-refractivity contribution in [1.29, 1.82) is 0 Å². The predicted molar refractivity (Wildman–Crippen MR) is 64.6 cm³/mol. The van der Waals surface area contributed by atoms with Crippen LogP contribution in [-0.4, -0.2) is 11.3 Å². The van der Waals surface area contributed by atoms with Gasteiger partial charge in [-0.05, 0) is 29.0 Å². The molecule has 3 aromatic rings. The molecular formula is C14H9NO. The lowest BCUT2D eigenvalue weighted by Gasteiger charge is -2.02. The summed E-state index contributed by atoms with van der Waals surface area (Å²) in [5, 5.41) is 3.19. The fourth-order valence-corrected chi connectivity index (χ4v) is 1.96. The maximum Gasteiger partial charge on any atom is 0.150 e. The van der Waals surface area contributed by atoms with E-state index in [2.05, 4.69) is 4.98 Å². The van der Waals surface area contributed by atoms with Crippen LogP contribution in [-0.2, 0) is 0 Å². The topological polar surface area (TPSA) is 30.0 Å². The normalized spacial score (nSPS) is 10.8. The van der Waals surface area contributed by atoms with Crippen molar-refractivity contribution in [2.24, 2.45) is 0 Å². The summed E-state index contributed by atoms with van der Waals surface area (Å²) < 4.78 is 0. The van der Waals surface area contributed by atoms with Gasteiger partial charge in [0.15, 0.2) is 6.29 Å². The van der Waals surface area contributed by atoms with Crippen LogP contribution in [0.4, 0.5) is 0 Å². The van der Waals surface area contributed by atoms with E-state index in [0.717, 1.165) is 28.0 Å². The third-order valence-electron chi connectivity index (χ3n) is 2.77. The first-order chi connectivity index (χ1) is 7.88. The van der Waals surface area contributed by atoms with Gasteiger partial charge in [0.05, 0.1) is 5.52 Å². The molecule has 0 aliphatic heterocycles. The van der Waals surface area contributed by atoms with E-state index in [1.54, 1.807) is 12.3 Å². The molecular weight excluding hydrogens is 198 g/mol. The van der Waals surface area contributed by atoms with Crippen molar-refractivity contribution >= 4 is 28.0 Å². The van der Waals surface area contributed by atoms with Crippen LogP contribution in [0.25, 0.3) is 21.7 Å². The number of carbonyl (C=O) groups excluding carboxylic acids is 1. The lowest BCUT2D eigenvalue weighted by atomic mass is 10.0. The highest BCUT2D eigenvalue weighted by molar-refractivity contribution is 6.03. The second kappa shape index (κ2) is 3.42. The molecule has 76 valence electrons. The zero-order valence-electron chi connectivity index (χ0n) is 8.55. The van der Waals surface area contributed by atoms with Crippen molar-refractivity contribution in [2.75, 3.05) is 0 Å². The second-order valence-electron chi connectivity index (χ2n) is 3.73. The van der Waals surface area contributed by atoms with Crippen molar-refractivity contribution < 1.29 is 4.79 Å². The van der Waals surface area contributed by atoms with Gasteiger partial charge in [-0.15, -0.1) is 0 Å². The second-order valence-corrected chi connectivity index (χ2v) is 3.73. The van der Waals surface area contributed by atoms with E-state index in [1.807, 2.05) is 36.4 Å². The fourth-order valence-electron chi connectivity index (χ4n) is 1.96. The summed E-state index contributed by atoms with van der Waals surface area (Å²) in [5.41, 5.74) is 1.55. The van der Waals surface area contributed by atoms with Crippen LogP contribution in [0.3, 0.4) is 0 Å². The number of hydrogen-bond acceptors (Lipinski definition) is 2. The Bertz CT molecular complexity index is 688. The van der Waals surface area contributed by atoms with E-state index < -0.39 is 0 Å². The van der Waals surface area contributed by atoms with Gasteiger partial charge in [0.2, 0.25) is 0 Å². The molecule has 0 N–H and O–H groups in total. The lowest BCUT2D eigenvalue weighted by Crippen LogP contribution is -1.86. The summed E-state index contributed by atoms with van der Waals surface area (Å²) in [4.78, 5) is 15.2. The molecule has 1 aromatic heterocycles. The third-order valence-corrected chi connectivity index (χ3v) is 2.77. The molecule has 2 nitrogen and oxygen atoms in total. The molecule has 0 unspecified atom stereocenters. The van der Waals surface area contributed by atoms with Crippen LogP contribution in [0.2, 0.25) is 0 Å². The molecule has 0 bridgehead atoms. The highest BCUT2D eigenvalue weighted by Gasteiger charge is 2.02. The number of fused-ring (bicyclic) bond motifs is 2. The van der Waals surface area contributed by atoms with Gasteiger partial charge >= 0.3 is 0 Å². The summed E-state index contributed by atoms with van der Waals surface area (Å²) in [6.45, 7) is 0. The summed E-state index contributed by atoms with van der Waals surface area (Å²) in [7, 11) is 0. The summed E-state index contributed by atoms with van der Waals surface area (Å²) in [5.74, 6) is 0. The number of pyridine rings is 1. The van der Waals surface area contributed by atoms with E-state index in [0.29, 0.717) is 5.56 Å². The Labute approximate surface area is 92.5 Å². The number of rotatable bonds is 1. The van der Waals surface area contributed by atoms with Crippen LogP contribution in [0.5, 0.6) is 0 Å². The molecule has 0 radical (unpaired) electrons. The number of aromatic nitrogens is 1. The number of hydrogen-bond donors (Lipinski definition) is 0. The first-order valence-corrected chi connectivity index (χ1v) is 5.11. The standard InChI is InChI=1S/C14H9NO/c16-9-12-5-6-15-14-8-11-4-2-1-3-10(11)7-13(12)14/h1-9H. The minimum atomic E-state index is 0.691. The number of benzene rings is 2. The van der Waals surface area contributed by atoms with Gasteiger partial charge in [0.25, 0.3) is 0 Å². The summed E-state index contributed by atoms with van der Waals surface area (Å²) in [6.07, 6.45) is 2.54. The highest BCUT2D eigenvalue weighted by Crippen LogP contribution is 2.22. The van der Waals surface area contributed by atoms with Crippen LogP contribution in [0.15, 0.2) is 48.7 Å². The summed E-state index contributed by atoms with van der Waals surface area (Å²) >= 11 is 0. The van der Waals surface area contributed by atoms with Gasteiger partial charge in [-0.2, -0.15) is 0 Å². The fraction of sp³-hybridized carbons (Fsp3) is 0. The molecule has 0 atom stereocenters. The van der Waals surface area contributed by atoms with Crippen molar-refractivity contribution in [2.45, 2.75) is 0 Å². The quantitative estimate of drug-likeness (QED) is 0.453. The maximum absolute atomic E-state index is 10.9. The Hall–Kier alpha value is -2.22. The zero-order valence-corrected chi connectivity index (χ0v) is 8.55. The van der Waals surface area contributed by atoms with E-state index in [9.17, 15) is 4.79 Å². The molecule has 0 aliphatic carbocycles. The van der Waals surface area contributed by atoms with E-state index in [4.69, 9.17) is 0 Å². The molecule has 0 fully saturated rings. The van der Waals surface area contributed by atoms with Crippen molar-refractivity contribution in [3.8, 4) is 0 Å². The van der Waals surface area contributed by atoms with Crippen molar-refractivity contribution in [3.05, 3.63) is 54.2 Å². The number of carbonyl (C=O) groups is 1. The Morgan fingerprint density at radius 3 is 2.50 bits per heavy atom. The minimum absolute atomic E-state index is 0.691. The van der Waals surface area contributed by atoms with Crippen LogP contribution < -0.4 is 0 Å². The SMILES string of the molecule is O=Cc1ccnc2cc3ccccc3cc12. The Kier molecular flexibility index (Phi) is 1.93. The molecule has 0 saturated carbocycles. The monoisotopic (exact) mass is 207 g/mol. The molecule has 0 amide bonds. The van der Waals surface area contributed by atoms with E-state index >= 15 is 0 Å². The molecule has 3 rings (SSSR count). The smallest absolute Gasteiger partial charge is 0.150 e. The molecule has 2 heteroatoms. The van der Waals surface area contributed by atoms with Crippen molar-refractivity contribution in [3.63, 3.8) is 0 Å². The molecule has 16 heavy (non-hydrogen) atoms. The van der Waals surface area contributed by atoms with Crippen LogP contribution in [0.1, 0.15) is 10.4 Å². The minimum Gasteiger partial charge on any atom is -0.298 e. The van der Waals surface area contributed by atoms with Gasteiger partial charge in [0.1, 0.15) is 0 Å². The average molecular weight is 207 g/mol. The highest BCUT2D eigenvalue weighted by atomic mass is 16.1. The molecule has 1 heterocycles. The number of aldehydes is 1. The lowest BCUT2D eigenvalue weighted by molar-refractivity contribution is 0.112. The predicted octanol–water partition coefficient (Wildman–Crippen LogP) is 3.20. The van der Waals surface area contributed by atoms with Gasteiger partial charge < -0.3 is 0 Å². The Morgan fingerprint density at radius 2 is 1.75 bits per heavy atom. The van der Waals surface area contributed by atoms with Crippen LogP contribution >= 0.6 is 0 Å². The average Bonchev–Trinajstić information content (AvgIpc) is 2.35. The van der Waals surface area contributed by atoms with Gasteiger partial charge in [-0.3, -0.25) is 9.78 Å². The van der Waals surface area contributed by atoms with Gasteiger partial charge in [-0.1, -0.05) is 24.3 Å². The van der Waals surface area contributed by atoms with Crippen molar-refractivity contribution in [1.82, 2.24) is 4.98 Å². The third kappa shape index (κ3) is 1.27. The zero-order chi connectivity index (χ0) is 11.0. The molecule has 2 aromatic carbocycles. The molecule has 0 saturated heterocycles. The first kappa shape index (κ1) is 9.04. The first-order valence-electron chi connectivity index (χ1n) is 5.11. The van der Waals surface area contributed by atoms with Crippen LogP contribution in [0, 0.1) is 0 Å². The Morgan fingerprint density at radius 1 is 1.00 bits per heavy atom. The molecule has 0 aliphatic rings. The Balaban J connectivity index is 2.51. The van der Waals surface area contributed by atoms with E-state index in [-0.39, 0.29) is 0 Å². The molecule has 0 spiro atoms. The number of nitrogens with zero attached hydrogens (tertiary/aromatic N) is 1. The van der Waals surface area contributed by atoms with Gasteiger partial charge in [0, 0.05) is 17.1 Å². The maximum atomic E-state index is 10.9.